The van der Waals surface area contributed by atoms with Crippen LogP contribution in [0.25, 0.3) is 11.0 Å². The van der Waals surface area contributed by atoms with Crippen molar-refractivity contribution < 1.29 is 4.79 Å². The zero-order valence-electron chi connectivity index (χ0n) is 12.3. The van der Waals surface area contributed by atoms with Crippen molar-refractivity contribution in [3.8, 4) is 0 Å². The summed E-state index contributed by atoms with van der Waals surface area (Å²) in [5.74, 6) is 1.37. The second-order valence-electron chi connectivity index (χ2n) is 5.41. The van der Waals surface area contributed by atoms with E-state index in [-0.39, 0.29) is 5.91 Å². The number of nitrogens with zero attached hydrogens (tertiary/aromatic N) is 2. The molecule has 1 aromatic carbocycles. The van der Waals surface area contributed by atoms with E-state index in [9.17, 15) is 4.79 Å². The summed E-state index contributed by atoms with van der Waals surface area (Å²) in [6.45, 7) is 7.18. The highest BCUT2D eigenvalue weighted by Gasteiger charge is 2.12. The molecule has 1 amide bonds. The van der Waals surface area contributed by atoms with Crippen LogP contribution < -0.4 is 11.1 Å². The molecule has 5 heteroatoms. The number of hydrogen-bond donors (Lipinski definition) is 2. The summed E-state index contributed by atoms with van der Waals surface area (Å²) in [4.78, 5) is 16.6. The molecule has 0 fully saturated rings. The third-order valence-electron chi connectivity index (χ3n) is 3.18. The van der Waals surface area contributed by atoms with E-state index >= 15 is 0 Å². The average molecular weight is 274 g/mol. The highest BCUT2D eigenvalue weighted by Crippen LogP contribution is 2.19. The van der Waals surface area contributed by atoms with E-state index in [4.69, 9.17) is 5.73 Å². The van der Waals surface area contributed by atoms with Crippen LogP contribution in [0.3, 0.4) is 0 Å². The molecular formula is C15H22N4O. The normalized spacial score (nSPS) is 11.2. The van der Waals surface area contributed by atoms with E-state index in [0.29, 0.717) is 24.7 Å². The number of nitrogens with two attached hydrogens (primary N) is 1. The SMILES string of the molecule is CCc1nc2cc(N)ccc2n1CC(=O)NCC(C)C. The predicted octanol–water partition coefficient (Wildman–Crippen LogP) is 1.95. The first-order valence-corrected chi connectivity index (χ1v) is 7.02. The van der Waals surface area contributed by atoms with Crippen LogP contribution in [-0.4, -0.2) is 22.0 Å². The number of benzene rings is 1. The van der Waals surface area contributed by atoms with Crippen molar-refractivity contribution in [3.63, 3.8) is 0 Å². The average Bonchev–Trinajstić information content (AvgIpc) is 2.73. The van der Waals surface area contributed by atoms with Crippen molar-refractivity contribution in [2.24, 2.45) is 5.92 Å². The van der Waals surface area contributed by atoms with E-state index < -0.39 is 0 Å². The first kappa shape index (κ1) is 14.4. The van der Waals surface area contributed by atoms with Gasteiger partial charge in [-0.15, -0.1) is 0 Å². The summed E-state index contributed by atoms with van der Waals surface area (Å²) < 4.78 is 1.96. The second-order valence-corrected chi connectivity index (χ2v) is 5.41. The van der Waals surface area contributed by atoms with E-state index in [2.05, 4.69) is 24.1 Å². The number of amides is 1. The van der Waals surface area contributed by atoms with E-state index in [0.717, 1.165) is 23.3 Å². The summed E-state index contributed by atoms with van der Waals surface area (Å²) in [5, 5.41) is 2.94. The molecule has 0 bridgehead atoms. The van der Waals surface area contributed by atoms with Crippen LogP contribution in [0.4, 0.5) is 5.69 Å². The Kier molecular flexibility index (Phi) is 4.27. The maximum atomic E-state index is 12.0. The van der Waals surface area contributed by atoms with Gasteiger partial charge in [0.1, 0.15) is 12.4 Å². The molecule has 2 rings (SSSR count). The second kappa shape index (κ2) is 5.94. The fourth-order valence-electron chi connectivity index (χ4n) is 2.16. The van der Waals surface area contributed by atoms with Crippen LogP contribution in [0.1, 0.15) is 26.6 Å². The standard InChI is InChI=1S/C15H22N4O/c1-4-14-18-12-7-11(16)5-6-13(12)19(14)9-15(20)17-8-10(2)3/h5-7,10H,4,8-9,16H2,1-3H3,(H,17,20). The predicted molar refractivity (Wildman–Crippen MR) is 81.4 cm³/mol. The molecule has 3 N–H and O–H groups in total. The maximum Gasteiger partial charge on any atom is 0.240 e. The third kappa shape index (κ3) is 3.10. The van der Waals surface area contributed by atoms with Crippen molar-refractivity contribution in [1.29, 1.82) is 0 Å². The number of carbonyl (C=O) groups excluding carboxylic acids is 1. The maximum absolute atomic E-state index is 12.0. The number of aromatic nitrogens is 2. The Labute approximate surface area is 119 Å². The van der Waals surface area contributed by atoms with Crippen LogP contribution in [0, 0.1) is 5.92 Å². The summed E-state index contributed by atoms with van der Waals surface area (Å²) in [6, 6.07) is 5.61. The van der Waals surface area contributed by atoms with Crippen molar-refractivity contribution >= 4 is 22.6 Å². The van der Waals surface area contributed by atoms with Crippen molar-refractivity contribution in [3.05, 3.63) is 24.0 Å². The molecule has 1 aromatic heterocycles. The lowest BCUT2D eigenvalue weighted by Crippen LogP contribution is -2.31. The quantitative estimate of drug-likeness (QED) is 0.818. The Morgan fingerprint density at radius 2 is 2.20 bits per heavy atom. The third-order valence-corrected chi connectivity index (χ3v) is 3.18. The van der Waals surface area contributed by atoms with Gasteiger partial charge in [-0.2, -0.15) is 0 Å². The van der Waals surface area contributed by atoms with Crippen LogP contribution in [0.5, 0.6) is 0 Å². The van der Waals surface area contributed by atoms with Gasteiger partial charge in [0.25, 0.3) is 0 Å². The number of nitrogens with one attached hydrogen (secondary N) is 1. The fourth-order valence-corrected chi connectivity index (χ4v) is 2.16. The number of nitrogen functional groups attached to an aromatic ring is 1. The number of aryl methyl sites for hydroxylation is 1. The van der Waals surface area contributed by atoms with Gasteiger partial charge in [-0.25, -0.2) is 4.98 Å². The molecule has 20 heavy (non-hydrogen) atoms. The highest BCUT2D eigenvalue weighted by molar-refractivity contribution is 5.83. The molecule has 0 spiro atoms. The minimum atomic E-state index is 0.0181. The molecule has 0 atom stereocenters. The van der Waals surface area contributed by atoms with Gasteiger partial charge >= 0.3 is 0 Å². The zero-order chi connectivity index (χ0) is 14.7. The van der Waals surface area contributed by atoms with Crippen LogP contribution in [0.15, 0.2) is 18.2 Å². The van der Waals surface area contributed by atoms with E-state index in [1.54, 1.807) is 0 Å². The summed E-state index contributed by atoms with van der Waals surface area (Å²) in [7, 11) is 0. The number of imidazole rings is 1. The van der Waals surface area contributed by atoms with Gasteiger partial charge in [0.05, 0.1) is 11.0 Å². The number of hydrogen-bond acceptors (Lipinski definition) is 3. The van der Waals surface area contributed by atoms with Crippen molar-refractivity contribution in [2.75, 3.05) is 12.3 Å². The molecule has 0 aliphatic heterocycles. The van der Waals surface area contributed by atoms with Gasteiger partial charge in [0.15, 0.2) is 0 Å². The van der Waals surface area contributed by atoms with Gasteiger partial charge in [-0.3, -0.25) is 4.79 Å². The zero-order valence-corrected chi connectivity index (χ0v) is 12.3. The molecule has 5 nitrogen and oxygen atoms in total. The van der Waals surface area contributed by atoms with Crippen molar-refractivity contribution in [2.45, 2.75) is 33.7 Å². The molecule has 0 saturated heterocycles. The summed E-state index contributed by atoms with van der Waals surface area (Å²) in [5.41, 5.74) is 8.27. The topological polar surface area (TPSA) is 72.9 Å². The number of anilines is 1. The lowest BCUT2D eigenvalue weighted by Gasteiger charge is -2.10. The molecule has 108 valence electrons. The fraction of sp³-hybridized carbons (Fsp3) is 0.467. The van der Waals surface area contributed by atoms with Gasteiger partial charge < -0.3 is 15.6 Å². The molecule has 0 aliphatic rings. The lowest BCUT2D eigenvalue weighted by atomic mass is 10.2. The van der Waals surface area contributed by atoms with Gasteiger partial charge in [0, 0.05) is 18.7 Å². The Hall–Kier alpha value is -2.04. The summed E-state index contributed by atoms with van der Waals surface area (Å²) in [6.07, 6.45) is 0.784. The molecule has 0 unspecified atom stereocenters. The smallest absolute Gasteiger partial charge is 0.240 e. The van der Waals surface area contributed by atoms with Crippen LogP contribution in [-0.2, 0) is 17.8 Å². The largest absolute Gasteiger partial charge is 0.399 e. The number of rotatable bonds is 5. The van der Waals surface area contributed by atoms with Gasteiger partial charge in [-0.1, -0.05) is 20.8 Å². The van der Waals surface area contributed by atoms with E-state index in [1.165, 1.54) is 0 Å². The van der Waals surface area contributed by atoms with Crippen LogP contribution in [0.2, 0.25) is 0 Å². The van der Waals surface area contributed by atoms with Gasteiger partial charge in [0.2, 0.25) is 5.91 Å². The Bertz CT molecular complexity index is 616. The minimum absolute atomic E-state index is 0.0181. The minimum Gasteiger partial charge on any atom is -0.399 e. The lowest BCUT2D eigenvalue weighted by molar-refractivity contribution is -0.121. The Morgan fingerprint density at radius 1 is 1.45 bits per heavy atom. The molecule has 0 radical (unpaired) electrons. The Balaban J connectivity index is 2.26. The molecule has 1 heterocycles. The first-order valence-electron chi connectivity index (χ1n) is 7.02. The molecule has 2 aromatic rings. The molecular weight excluding hydrogens is 252 g/mol. The van der Waals surface area contributed by atoms with Crippen LogP contribution >= 0.6 is 0 Å². The molecule has 0 saturated carbocycles. The van der Waals surface area contributed by atoms with Crippen molar-refractivity contribution in [1.82, 2.24) is 14.9 Å². The number of fused-ring (bicyclic) bond motifs is 1. The van der Waals surface area contributed by atoms with E-state index in [1.807, 2.05) is 29.7 Å². The monoisotopic (exact) mass is 274 g/mol. The highest BCUT2D eigenvalue weighted by atomic mass is 16.1. The first-order chi connectivity index (χ1) is 9.51. The Morgan fingerprint density at radius 3 is 2.85 bits per heavy atom. The number of carbonyl (C=O) groups is 1. The summed E-state index contributed by atoms with van der Waals surface area (Å²) >= 11 is 0. The molecule has 0 aliphatic carbocycles. The van der Waals surface area contributed by atoms with Gasteiger partial charge in [-0.05, 0) is 24.1 Å².